The highest BCUT2D eigenvalue weighted by Gasteiger charge is 2.18. The van der Waals surface area contributed by atoms with Crippen LogP contribution in [-0.2, 0) is 11.3 Å². The first-order chi connectivity index (χ1) is 8.20. The Hall–Kier alpha value is -0.840. The largest absolute Gasteiger partial charge is 0.375 e. The Balaban J connectivity index is 2.17. The number of rotatable bonds is 3. The lowest BCUT2D eigenvalue weighted by atomic mass is 10.2. The van der Waals surface area contributed by atoms with E-state index < -0.39 is 0 Å². The first-order valence-corrected chi connectivity index (χ1v) is 6.24. The van der Waals surface area contributed by atoms with E-state index in [9.17, 15) is 0 Å². The standard InChI is InChI=1S/C12H18ClN3O/c1-9-8-16(3-4-17-9)12-5-10(6-14-2)11(13)7-15-12/h5,7,9,14H,3-4,6,8H2,1-2H3. The first-order valence-electron chi connectivity index (χ1n) is 5.86. The molecule has 2 rings (SSSR count). The van der Waals surface area contributed by atoms with Gasteiger partial charge in [-0.05, 0) is 25.6 Å². The molecular formula is C12H18ClN3O. The van der Waals surface area contributed by atoms with Crippen molar-refractivity contribution in [2.45, 2.75) is 19.6 Å². The highest BCUT2D eigenvalue weighted by molar-refractivity contribution is 6.31. The minimum Gasteiger partial charge on any atom is -0.375 e. The van der Waals surface area contributed by atoms with E-state index in [1.54, 1.807) is 6.20 Å². The van der Waals surface area contributed by atoms with Crippen molar-refractivity contribution in [2.24, 2.45) is 0 Å². The Kier molecular flexibility index (Phi) is 4.20. The van der Waals surface area contributed by atoms with Crippen molar-refractivity contribution in [3.8, 4) is 0 Å². The highest BCUT2D eigenvalue weighted by Crippen LogP contribution is 2.21. The molecule has 0 bridgehead atoms. The lowest BCUT2D eigenvalue weighted by Crippen LogP contribution is -2.41. The minimum absolute atomic E-state index is 0.258. The number of hydrogen-bond acceptors (Lipinski definition) is 4. The van der Waals surface area contributed by atoms with Crippen LogP contribution < -0.4 is 10.2 Å². The number of anilines is 1. The molecule has 2 heterocycles. The maximum Gasteiger partial charge on any atom is 0.129 e. The SMILES string of the molecule is CNCc1cc(N2CCOC(C)C2)ncc1Cl. The summed E-state index contributed by atoms with van der Waals surface area (Å²) in [4.78, 5) is 6.63. The van der Waals surface area contributed by atoms with Crippen LogP contribution >= 0.6 is 11.6 Å². The molecule has 0 radical (unpaired) electrons. The fourth-order valence-electron chi connectivity index (χ4n) is 1.99. The minimum atomic E-state index is 0.258. The van der Waals surface area contributed by atoms with Gasteiger partial charge in [-0.3, -0.25) is 0 Å². The third-order valence-corrected chi connectivity index (χ3v) is 3.19. The molecule has 1 atom stereocenters. The van der Waals surface area contributed by atoms with E-state index >= 15 is 0 Å². The van der Waals surface area contributed by atoms with Crippen molar-refractivity contribution < 1.29 is 4.74 Å². The molecule has 17 heavy (non-hydrogen) atoms. The first kappa shape index (κ1) is 12.6. The van der Waals surface area contributed by atoms with Crippen LogP contribution in [-0.4, -0.2) is 37.8 Å². The Morgan fingerprint density at radius 3 is 3.18 bits per heavy atom. The Bertz CT molecular complexity index is 386. The summed E-state index contributed by atoms with van der Waals surface area (Å²) in [5.41, 5.74) is 1.08. The number of nitrogens with one attached hydrogen (secondary N) is 1. The van der Waals surface area contributed by atoms with Gasteiger partial charge in [-0.1, -0.05) is 11.6 Å². The molecule has 0 saturated carbocycles. The molecule has 0 aliphatic carbocycles. The molecule has 0 spiro atoms. The van der Waals surface area contributed by atoms with Gasteiger partial charge in [-0.15, -0.1) is 0 Å². The maximum absolute atomic E-state index is 6.10. The predicted molar refractivity (Wildman–Crippen MR) is 69.6 cm³/mol. The van der Waals surface area contributed by atoms with Crippen LogP contribution in [0.25, 0.3) is 0 Å². The molecular weight excluding hydrogens is 238 g/mol. The Morgan fingerprint density at radius 1 is 1.65 bits per heavy atom. The summed E-state index contributed by atoms with van der Waals surface area (Å²) >= 11 is 6.10. The molecule has 1 saturated heterocycles. The van der Waals surface area contributed by atoms with Crippen LogP contribution in [0.5, 0.6) is 0 Å². The molecule has 5 heteroatoms. The Morgan fingerprint density at radius 2 is 2.47 bits per heavy atom. The van der Waals surface area contributed by atoms with E-state index in [4.69, 9.17) is 16.3 Å². The monoisotopic (exact) mass is 255 g/mol. The molecule has 1 unspecified atom stereocenters. The van der Waals surface area contributed by atoms with Gasteiger partial charge in [0.1, 0.15) is 5.82 Å². The summed E-state index contributed by atoms with van der Waals surface area (Å²) in [5, 5.41) is 3.82. The fraction of sp³-hybridized carbons (Fsp3) is 0.583. The normalized spacial score (nSPS) is 20.6. The van der Waals surface area contributed by atoms with Crippen LogP contribution in [0.1, 0.15) is 12.5 Å². The van der Waals surface area contributed by atoms with E-state index in [2.05, 4.69) is 28.2 Å². The van der Waals surface area contributed by atoms with Crippen molar-refractivity contribution in [2.75, 3.05) is 31.6 Å². The van der Waals surface area contributed by atoms with Crippen molar-refractivity contribution in [1.82, 2.24) is 10.3 Å². The number of halogens is 1. The topological polar surface area (TPSA) is 37.4 Å². The van der Waals surface area contributed by atoms with Crippen molar-refractivity contribution >= 4 is 17.4 Å². The van der Waals surface area contributed by atoms with Crippen LogP contribution in [0.2, 0.25) is 5.02 Å². The van der Waals surface area contributed by atoms with Crippen molar-refractivity contribution in [3.63, 3.8) is 0 Å². The maximum atomic E-state index is 6.10. The second-order valence-corrected chi connectivity index (χ2v) is 4.70. The van der Waals surface area contributed by atoms with Crippen molar-refractivity contribution in [3.05, 3.63) is 22.8 Å². The third kappa shape index (κ3) is 3.09. The fourth-order valence-corrected chi connectivity index (χ4v) is 2.16. The zero-order chi connectivity index (χ0) is 12.3. The quantitative estimate of drug-likeness (QED) is 0.892. The lowest BCUT2D eigenvalue weighted by Gasteiger charge is -2.32. The van der Waals surface area contributed by atoms with E-state index in [1.807, 2.05) is 7.05 Å². The van der Waals surface area contributed by atoms with Crippen molar-refractivity contribution in [1.29, 1.82) is 0 Å². The van der Waals surface area contributed by atoms with Crippen LogP contribution in [0, 0.1) is 0 Å². The van der Waals surface area contributed by atoms with E-state index in [1.165, 1.54) is 0 Å². The molecule has 94 valence electrons. The molecule has 4 nitrogen and oxygen atoms in total. The van der Waals surface area contributed by atoms with Gasteiger partial charge >= 0.3 is 0 Å². The van der Waals surface area contributed by atoms with E-state index in [0.717, 1.165) is 37.6 Å². The average Bonchev–Trinajstić information content (AvgIpc) is 2.32. The average molecular weight is 256 g/mol. The van der Waals surface area contributed by atoms with Gasteiger partial charge in [0, 0.05) is 25.8 Å². The molecule has 1 aromatic heterocycles. The van der Waals surface area contributed by atoms with Gasteiger partial charge < -0.3 is 15.0 Å². The van der Waals surface area contributed by atoms with Gasteiger partial charge in [-0.2, -0.15) is 0 Å². The zero-order valence-corrected chi connectivity index (χ0v) is 11.0. The van der Waals surface area contributed by atoms with Gasteiger partial charge in [0.15, 0.2) is 0 Å². The molecule has 1 fully saturated rings. The molecule has 1 N–H and O–H groups in total. The number of morpholine rings is 1. The van der Waals surface area contributed by atoms with E-state index in [0.29, 0.717) is 5.02 Å². The van der Waals surface area contributed by atoms with Crippen LogP contribution in [0.4, 0.5) is 5.82 Å². The molecule has 1 aromatic rings. The molecule has 1 aliphatic heterocycles. The summed E-state index contributed by atoms with van der Waals surface area (Å²) in [5.74, 6) is 0.981. The molecule has 0 amide bonds. The smallest absolute Gasteiger partial charge is 0.129 e. The third-order valence-electron chi connectivity index (χ3n) is 2.85. The van der Waals surface area contributed by atoms with Gasteiger partial charge in [0.25, 0.3) is 0 Å². The zero-order valence-electron chi connectivity index (χ0n) is 10.2. The molecule has 1 aliphatic rings. The van der Waals surface area contributed by atoms with Crippen LogP contribution in [0.3, 0.4) is 0 Å². The van der Waals surface area contributed by atoms with Gasteiger partial charge in [0.2, 0.25) is 0 Å². The van der Waals surface area contributed by atoms with E-state index in [-0.39, 0.29) is 6.10 Å². The summed E-state index contributed by atoms with van der Waals surface area (Å²) in [6, 6.07) is 2.05. The summed E-state index contributed by atoms with van der Waals surface area (Å²) in [6.45, 7) is 5.36. The van der Waals surface area contributed by atoms with Crippen LogP contribution in [0.15, 0.2) is 12.3 Å². The Labute approximate surface area is 107 Å². The highest BCUT2D eigenvalue weighted by atomic mass is 35.5. The number of aromatic nitrogens is 1. The summed E-state index contributed by atoms with van der Waals surface area (Å²) < 4.78 is 5.52. The predicted octanol–water partition coefficient (Wildman–Crippen LogP) is 1.68. The van der Waals surface area contributed by atoms with Gasteiger partial charge in [0.05, 0.1) is 17.7 Å². The summed E-state index contributed by atoms with van der Waals surface area (Å²) in [7, 11) is 1.91. The number of nitrogens with zero attached hydrogens (tertiary/aromatic N) is 2. The number of pyridine rings is 1. The number of hydrogen-bond donors (Lipinski definition) is 1. The second kappa shape index (κ2) is 5.67. The van der Waals surface area contributed by atoms with Gasteiger partial charge in [-0.25, -0.2) is 4.98 Å². The second-order valence-electron chi connectivity index (χ2n) is 4.29. The lowest BCUT2D eigenvalue weighted by molar-refractivity contribution is 0.0529. The molecule has 0 aromatic carbocycles. The summed E-state index contributed by atoms with van der Waals surface area (Å²) in [6.07, 6.45) is 1.98. The number of ether oxygens (including phenoxy) is 1.